The molecule has 1 atom stereocenters. The largest absolute Gasteiger partial charge is 0.489 e. The SMILES string of the molecule is CC(=O)Oc1c(C)c(C)c2c(c1C)CC(CCN1CCOCC1)O2. The van der Waals surface area contributed by atoms with Gasteiger partial charge in [0.1, 0.15) is 17.6 Å². The van der Waals surface area contributed by atoms with Crippen molar-refractivity contribution < 1.29 is 19.0 Å². The molecule has 1 aromatic carbocycles. The van der Waals surface area contributed by atoms with Crippen LogP contribution in [0.4, 0.5) is 0 Å². The van der Waals surface area contributed by atoms with Crippen LogP contribution in [0.2, 0.25) is 0 Å². The second kappa shape index (κ2) is 7.11. The Morgan fingerprint density at radius 2 is 1.88 bits per heavy atom. The van der Waals surface area contributed by atoms with Crippen LogP contribution in [0, 0.1) is 20.8 Å². The van der Waals surface area contributed by atoms with E-state index in [2.05, 4.69) is 4.90 Å². The van der Waals surface area contributed by atoms with Gasteiger partial charge in [0, 0.05) is 38.5 Å². The Hall–Kier alpha value is -1.59. The van der Waals surface area contributed by atoms with Gasteiger partial charge in [0.2, 0.25) is 0 Å². The first-order valence-corrected chi connectivity index (χ1v) is 8.75. The maximum Gasteiger partial charge on any atom is 0.308 e. The second-order valence-electron chi connectivity index (χ2n) is 6.79. The number of hydrogen-bond acceptors (Lipinski definition) is 5. The number of benzene rings is 1. The molecule has 0 radical (unpaired) electrons. The summed E-state index contributed by atoms with van der Waals surface area (Å²) in [6, 6.07) is 0. The molecule has 1 fully saturated rings. The summed E-state index contributed by atoms with van der Waals surface area (Å²) < 4.78 is 17.1. The minimum absolute atomic E-state index is 0.201. The minimum Gasteiger partial charge on any atom is -0.489 e. The number of rotatable bonds is 4. The number of carbonyl (C=O) groups excluding carboxylic acids is 1. The molecule has 1 aromatic rings. The van der Waals surface area contributed by atoms with Crippen LogP contribution < -0.4 is 9.47 Å². The van der Waals surface area contributed by atoms with Crippen LogP contribution in [-0.2, 0) is 16.0 Å². The average molecular weight is 333 g/mol. The smallest absolute Gasteiger partial charge is 0.308 e. The lowest BCUT2D eigenvalue weighted by Gasteiger charge is -2.27. The molecule has 5 nitrogen and oxygen atoms in total. The Morgan fingerprint density at radius 3 is 2.54 bits per heavy atom. The fourth-order valence-electron chi connectivity index (χ4n) is 3.61. The summed E-state index contributed by atoms with van der Waals surface area (Å²) in [5, 5.41) is 0. The highest BCUT2D eigenvalue weighted by Crippen LogP contribution is 2.43. The molecule has 2 heterocycles. The van der Waals surface area contributed by atoms with Gasteiger partial charge in [-0.1, -0.05) is 0 Å². The van der Waals surface area contributed by atoms with Gasteiger partial charge in [-0.2, -0.15) is 0 Å². The lowest BCUT2D eigenvalue weighted by Crippen LogP contribution is -2.38. The summed E-state index contributed by atoms with van der Waals surface area (Å²) in [4.78, 5) is 13.8. The zero-order valence-corrected chi connectivity index (χ0v) is 15.1. The number of hydrogen-bond donors (Lipinski definition) is 0. The van der Waals surface area contributed by atoms with Gasteiger partial charge < -0.3 is 14.2 Å². The molecule has 0 aliphatic carbocycles. The maximum absolute atomic E-state index is 11.4. The Bertz CT molecular complexity index is 635. The van der Waals surface area contributed by atoms with Crippen molar-refractivity contribution in [3.8, 4) is 11.5 Å². The normalized spacial score (nSPS) is 20.6. The van der Waals surface area contributed by atoms with Crippen LogP contribution in [0.3, 0.4) is 0 Å². The third-order valence-corrected chi connectivity index (χ3v) is 5.14. The molecule has 0 aromatic heterocycles. The van der Waals surface area contributed by atoms with E-state index >= 15 is 0 Å². The van der Waals surface area contributed by atoms with Crippen molar-refractivity contribution in [3.63, 3.8) is 0 Å². The fourth-order valence-corrected chi connectivity index (χ4v) is 3.61. The van der Waals surface area contributed by atoms with Gasteiger partial charge in [0.05, 0.1) is 13.2 Å². The lowest BCUT2D eigenvalue weighted by molar-refractivity contribution is -0.131. The molecule has 0 spiro atoms. The van der Waals surface area contributed by atoms with Crippen LogP contribution in [0.5, 0.6) is 11.5 Å². The third-order valence-electron chi connectivity index (χ3n) is 5.14. The molecule has 0 amide bonds. The number of morpholine rings is 1. The Labute approximate surface area is 143 Å². The van der Waals surface area contributed by atoms with E-state index in [1.807, 2.05) is 20.8 Å². The molecular weight excluding hydrogens is 306 g/mol. The first-order chi connectivity index (χ1) is 11.5. The summed E-state index contributed by atoms with van der Waals surface area (Å²) in [6.07, 6.45) is 2.10. The Morgan fingerprint density at radius 1 is 1.17 bits per heavy atom. The van der Waals surface area contributed by atoms with E-state index in [4.69, 9.17) is 14.2 Å². The van der Waals surface area contributed by atoms with Crippen LogP contribution in [0.25, 0.3) is 0 Å². The number of carbonyl (C=O) groups is 1. The van der Waals surface area contributed by atoms with E-state index in [0.717, 1.165) is 68.1 Å². The molecule has 5 heteroatoms. The van der Waals surface area contributed by atoms with E-state index < -0.39 is 0 Å². The van der Waals surface area contributed by atoms with E-state index in [1.54, 1.807) is 0 Å². The average Bonchev–Trinajstić information content (AvgIpc) is 3.00. The van der Waals surface area contributed by atoms with Crippen LogP contribution >= 0.6 is 0 Å². The number of esters is 1. The predicted octanol–water partition coefficient (Wildman–Crippen LogP) is 2.56. The Balaban J connectivity index is 1.72. The van der Waals surface area contributed by atoms with E-state index in [-0.39, 0.29) is 12.1 Å². The molecule has 132 valence electrons. The molecule has 3 rings (SSSR count). The summed E-state index contributed by atoms with van der Waals surface area (Å²) >= 11 is 0. The molecule has 0 bridgehead atoms. The third kappa shape index (κ3) is 3.42. The predicted molar refractivity (Wildman–Crippen MR) is 92.0 cm³/mol. The molecular formula is C19H27NO4. The van der Waals surface area contributed by atoms with E-state index in [1.165, 1.54) is 12.5 Å². The standard InChI is InChI=1S/C19H27NO4/c1-12-13(2)19-17(14(3)18(12)23-15(4)21)11-16(24-19)5-6-20-7-9-22-10-8-20/h16H,5-11H2,1-4H3. The van der Waals surface area contributed by atoms with Crippen molar-refractivity contribution >= 4 is 5.97 Å². The van der Waals surface area contributed by atoms with Crippen LogP contribution in [0.1, 0.15) is 35.6 Å². The minimum atomic E-state index is -0.275. The molecule has 1 unspecified atom stereocenters. The highest BCUT2D eigenvalue weighted by Gasteiger charge is 2.30. The molecule has 2 aliphatic rings. The molecule has 1 saturated heterocycles. The number of ether oxygens (including phenoxy) is 3. The maximum atomic E-state index is 11.4. The summed E-state index contributed by atoms with van der Waals surface area (Å²) in [7, 11) is 0. The molecule has 0 saturated carbocycles. The topological polar surface area (TPSA) is 48.0 Å². The second-order valence-corrected chi connectivity index (χ2v) is 6.79. The van der Waals surface area contributed by atoms with Gasteiger partial charge in [0.15, 0.2) is 0 Å². The highest BCUT2D eigenvalue weighted by atomic mass is 16.5. The van der Waals surface area contributed by atoms with Gasteiger partial charge in [-0.05, 0) is 43.9 Å². The van der Waals surface area contributed by atoms with E-state index in [9.17, 15) is 4.79 Å². The summed E-state index contributed by atoms with van der Waals surface area (Å²) in [5.74, 6) is 1.42. The molecule has 24 heavy (non-hydrogen) atoms. The fraction of sp³-hybridized carbons (Fsp3) is 0.632. The Kier molecular flexibility index (Phi) is 5.11. The first kappa shape index (κ1) is 17.2. The molecule has 0 N–H and O–H groups in total. The van der Waals surface area contributed by atoms with Crippen molar-refractivity contribution in [1.29, 1.82) is 0 Å². The van der Waals surface area contributed by atoms with Crippen molar-refractivity contribution in [2.45, 2.75) is 46.6 Å². The van der Waals surface area contributed by atoms with Crippen molar-refractivity contribution in [1.82, 2.24) is 4.90 Å². The quantitative estimate of drug-likeness (QED) is 0.626. The van der Waals surface area contributed by atoms with Gasteiger partial charge in [0.25, 0.3) is 0 Å². The van der Waals surface area contributed by atoms with Gasteiger partial charge in [-0.25, -0.2) is 0 Å². The zero-order chi connectivity index (χ0) is 17.3. The first-order valence-electron chi connectivity index (χ1n) is 8.75. The van der Waals surface area contributed by atoms with Gasteiger partial charge in [-0.3, -0.25) is 9.69 Å². The zero-order valence-electron chi connectivity index (χ0n) is 15.1. The van der Waals surface area contributed by atoms with Crippen molar-refractivity contribution in [3.05, 3.63) is 22.3 Å². The summed E-state index contributed by atoms with van der Waals surface area (Å²) in [5.41, 5.74) is 4.31. The van der Waals surface area contributed by atoms with Gasteiger partial charge >= 0.3 is 5.97 Å². The van der Waals surface area contributed by atoms with Gasteiger partial charge in [-0.15, -0.1) is 0 Å². The number of nitrogens with zero attached hydrogens (tertiary/aromatic N) is 1. The number of fused-ring (bicyclic) bond motifs is 1. The van der Waals surface area contributed by atoms with Crippen molar-refractivity contribution in [2.75, 3.05) is 32.8 Å². The van der Waals surface area contributed by atoms with Crippen LogP contribution in [0.15, 0.2) is 0 Å². The van der Waals surface area contributed by atoms with Crippen molar-refractivity contribution in [2.24, 2.45) is 0 Å². The van der Waals surface area contributed by atoms with Crippen LogP contribution in [-0.4, -0.2) is 49.8 Å². The van der Waals surface area contributed by atoms with E-state index in [0.29, 0.717) is 5.75 Å². The highest BCUT2D eigenvalue weighted by molar-refractivity contribution is 5.72. The monoisotopic (exact) mass is 333 g/mol. The molecule has 2 aliphatic heterocycles. The lowest BCUT2D eigenvalue weighted by atomic mass is 9.95. The summed E-state index contributed by atoms with van der Waals surface area (Å²) in [6.45, 7) is 12.2.